The number of hydrogen-bond acceptors (Lipinski definition) is 3. The molecule has 1 saturated heterocycles. The second kappa shape index (κ2) is 4.49. The molecule has 0 spiro atoms. The Bertz CT molecular complexity index is 336. The maximum absolute atomic E-state index is 11.9. The number of aliphatic carboxylic acids is 1. The van der Waals surface area contributed by atoms with Gasteiger partial charge in [0.15, 0.2) is 0 Å². The Hall–Kier alpha value is -0.620. The number of sulfonamides is 1. The molecule has 1 heterocycles. The van der Waals surface area contributed by atoms with E-state index in [1.54, 1.807) is 13.8 Å². The summed E-state index contributed by atoms with van der Waals surface area (Å²) in [7, 11) is -3.44. The van der Waals surface area contributed by atoms with E-state index in [-0.39, 0.29) is 0 Å². The van der Waals surface area contributed by atoms with Crippen LogP contribution in [0.2, 0.25) is 0 Å². The molecule has 1 atom stereocenters. The predicted octanol–water partition coefficient (Wildman–Crippen LogP) is 0.664. The van der Waals surface area contributed by atoms with Gasteiger partial charge < -0.3 is 5.11 Å². The number of nitrogens with zero attached hydrogens (tertiary/aromatic N) is 1. The summed E-state index contributed by atoms with van der Waals surface area (Å²) in [6, 6.07) is -0.869. The molecule has 0 aromatic carbocycles. The van der Waals surface area contributed by atoms with Crippen molar-refractivity contribution in [1.82, 2.24) is 4.31 Å². The molecular weight excluding hydrogens is 218 g/mol. The van der Waals surface area contributed by atoms with Crippen LogP contribution in [0.4, 0.5) is 0 Å². The van der Waals surface area contributed by atoms with E-state index in [0.717, 1.165) is 17.1 Å². The second-order valence-electron chi connectivity index (χ2n) is 4.05. The van der Waals surface area contributed by atoms with Crippen molar-refractivity contribution in [3.05, 3.63) is 0 Å². The molecule has 1 rings (SSSR count). The standard InChI is InChI=1S/C9H17NO4S/c1-7(2)15(13,14)10-6-4-3-5-8(10)9(11)12/h7-8H,3-6H2,1-2H3,(H,11,12)/t8-/m1/s1. The number of carboxylic acids is 1. The molecule has 1 fully saturated rings. The monoisotopic (exact) mass is 235 g/mol. The van der Waals surface area contributed by atoms with Crippen LogP contribution < -0.4 is 0 Å². The largest absolute Gasteiger partial charge is 0.480 e. The van der Waals surface area contributed by atoms with E-state index < -0.39 is 27.3 Å². The van der Waals surface area contributed by atoms with Gasteiger partial charge in [-0.05, 0) is 33.1 Å². The Morgan fingerprint density at radius 1 is 1.40 bits per heavy atom. The van der Waals surface area contributed by atoms with Crippen LogP contribution in [-0.4, -0.2) is 41.6 Å². The molecule has 1 N–H and O–H groups in total. The molecule has 0 aliphatic carbocycles. The van der Waals surface area contributed by atoms with Gasteiger partial charge in [-0.3, -0.25) is 4.79 Å². The van der Waals surface area contributed by atoms with Crippen molar-refractivity contribution in [3.63, 3.8) is 0 Å². The molecule has 0 aromatic heterocycles. The van der Waals surface area contributed by atoms with Crippen LogP contribution in [-0.2, 0) is 14.8 Å². The average molecular weight is 235 g/mol. The van der Waals surface area contributed by atoms with Crippen LogP contribution >= 0.6 is 0 Å². The van der Waals surface area contributed by atoms with E-state index in [2.05, 4.69) is 0 Å². The van der Waals surface area contributed by atoms with E-state index in [4.69, 9.17) is 5.11 Å². The summed E-state index contributed by atoms with van der Waals surface area (Å²) < 4.78 is 24.9. The van der Waals surface area contributed by atoms with Gasteiger partial charge in [-0.15, -0.1) is 0 Å². The Kier molecular flexibility index (Phi) is 3.72. The van der Waals surface area contributed by atoms with Gasteiger partial charge in [0.05, 0.1) is 5.25 Å². The molecule has 1 aliphatic rings. The van der Waals surface area contributed by atoms with Crippen LogP contribution in [0.3, 0.4) is 0 Å². The molecular formula is C9H17NO4S. The Labute approximate surface area is 90.1 Å². The van der Waals surface area contributed by atoms with Crippen molar-refractivity contribution in [2.75, 3.05) is 6.54 Å². The van der Waals surface area contributed by atoms with Crippen LogP contribution in [0.15, 0.2) is 0 Å². The minimum atomic E-state index is -3.44. The molecule has 88 valence electrons. The lowest BCUT2D eigenvalue weighted by atomic mass is 10.1. The van der Waals surface area contributed by atoms with Crippen molar-refractivity contribution in [2.24, 2.45) is 0 Å². The quantitative estimate of drug-likeness (QED) is 0.780. The Morgan fingerprint density at radius 3 is 2.47 bits per heavy atom. The summed E-state index contributed by atoms with van der Waals surface area (Å²) in [4.78, 5) is 10.9. The fraction of sp³-hybridized carbons (Fsp3) is 0.889. The molecule has 15 heavy (non-hydrogen) atoms. The van der Waals surface area contributed by atoms with Gasteiger partial charge in [-0.25, -0.2) is 8.42 Å². The third-order valence-corrected chi connectivity index (χ3v) is 4.94. The number of hydrogen-bond donors (Lipinski definition) is 1. The maximum atomic E-state index is 11.9. The number of carboxylic acid groups (broad SMARTS) is 1. The summed E-state index contributed by atoms with van der Waals surface area (Å²) in [6.45, 7) is 3.48. The van der Waals surface area contributed by atoms with Gasteiger partial charge in [0.1, 0.15) is 6.04 Å². The minimum Gasteiger partial charge on any atom is -0.480 e. The first-order valence-electron chi connectivity index (χ1n) is 5.11. The summed E-state index contributed by atoms with van der Waals surface area (Å²) in [5.41, 5.74) is 0. The Morgan fingerprint density at radius 2 is 2.00 bits per heavy atom. The first-order chi connectivity index (χ1) is 6.87. The van der Waals surface area contributed by atoms with Gasteiger partial charge in [0, 0.05) is 6.54 Å². The molecule has 0 radical (unpaired) electrons. The first kappa shape index (κ1) is 12.4. The highest BCUT2D eigenvalue weighted by molar-refractivity contribution is 7.89. The molecule has 5 nitrogen and oxygen atoms in total. The number of piperidine rings is 1. The van der Waals surface area contributed by atoms with Crippen LogP contribution in [0, 0.1) is 0 Å². The maximum Gasteiger partial charge on any atom is 0.322 e. The number of rotatable bonds is 3. The SMILES string of the molecule is CC(C)S(=O)(=O)N1CCCC[C@@H]1C(=O)O. The van der Waals surface area contributed by atoms with E-state index >= 15 is 0 Å². The molecule has 0 saturated carbocycles. The lowest BCUT2D eigenvalue weighted by molar-refractivity contribution is -0.142. The van der Waals surface area contributed by atoms with E-state index in [9.17, 15) is 13.2 Å². The first-order valence-corrected chi connectivity index (χ1v) is 6.61. The van der Waals surface area contributed by atoms with Gasteiger partial charge in [0.2, 0.25) is 10.0 Å². The van der Waals surface area contributed by atoms with Crippen LogP contribution in [0.25, 0.3) is 0 Å². The fourth-order valence-electron chi connectivity index (χ4n) is 1.73. The summed E-state index contributed by atoms with van der Waals surface area (Å²) in [6.07, 6.45) is 1.94. The van der Waals surface area contributed by atoms with Crippen molar-refractivity contribution < 1.29 is 18.3 Å². The number of carbonyl (C=O) groups is 1. The lowest BCUT2D eigenvalue weighted by Crippen LogP contribution is -2.50. The van der Waals surface area contributed by atoms with Crippen molar-refractivity contribution in [1.29, 1.82) is 0 Å². The second-order valence-corrected chi connectivity index (χ2v) is 6.50. The molecule has 0 bridgehead atoms. The smallest absolute Gasteiger partial charge is 0.322 e. The third kappa shape index (κ3) is 2.49. The van der Waals surface area contributed by atoms with Crippen molar-refractivity contribution in [2.45, 2.75) is 44.4 Å². The van der Waals surface area contributed by atoms with Crippen LogP contribution in [0.1, 0.15) is 33.1 Å². The zero-order valence-electron chi connectivity index (χ0n) is 9.01. The van der Waals surface area contributed by atoms with Gasteiger partial charge >= 0.3 is 5.97 Å². The van der Waals surface area contributed by atoms with Crippen molar-refractivity contribution in [3.8, 4) is 0 Å². The van der Waals surface area contributed by atoms with E-state index in [1.807, 2.05) is 0 Å². The van der Waals surface area contributed by atoms with Gasteiger partial charge in [0.25, 0.3) is 0 Å². The Balaban J connectivity index is 2.95. The third-order valence-electron chi connectivity index (χ3n) is 2.66. The highest BCUT2D eigenvalue weighted by Crippen LogP contribution is 2.22. The van der Waals surface area contributed by atoms with E-state index in [1.165, 1.54) is 0 Å². The van der Waals surface area contributed by atoms with Crippen LogP contribution in [0.5, 0.6) is 0 Å². The highest BCUT2D eigenvalue weighted by atomic mass is 32.2. The fourth-order valence-corrected chi connectivity index (χ4v) is 3.20. The van der Waals surface area contributed by atoms with Gasteiger partial charge in [-0.2, -0.15) is 4.31 Å². The summed E-state index contributed by atoms with van der Waals surface area (Å²) in [5, 5.41) is 8.39. The average Bonchev–Trinajstić information content (AvgIpc) is 2.17. The highest BCUT2D eigenvalue weighted by Gasteiger charge is 2.37. The lowest BCUT2D eigenvalue weighted by Gasteiger charge is -2.33. The minimum absolute atomic E-state index is 0.331. The van der Waals surface area contributed by atoms with Crippen molar-refractivity contribution >= 4 is 16.0 Å². The molecule has 0 amide bonds. The normalized spacial score (nSPS) is 24.3. The molecule has 1 aliphatic heterocycles. The summed E-state index contributed by atoms with van der Waals surface area (Å²) in [5.74, 6) is -1.04. The van der Waals surface area contributed by atoms with E-state index in [0.29, 0.717) is 13.0 Å². The zero-order valence-corrected chi connectivity index (χ0v) is 9.83. The predicted molar refractivity (Wildman–Crippen MR) is 56.0 cm³/mol. The molecule has 0 aromatic rings. The zero-order chi connectivity index (χ0) is 11.6. The molecule has 6 heteroatoms. The topological polar surface area (TPSA) is 74.7 Å². The summed E-state index contributed by atoms with van der Waals surface area (Å²) >= 11 is 0. The van der Waals surface area contributed by atoms with Gasteiger partial charge in [-0.1, -0.05) is 0 Å². The molecule has 0 unspecified atom stereocenters.